The Morgan fingerprint density at radius 2 is 2.20 bits per heavy atom. The highest BCUT2D eigenvalue weighted by molar-refractivity contribution is 9.10. The zero-order valence-electron chi connectivity index (χ0n) is 9.51. The largest absolute Gasteiger partial charge is 0.309 e. The van der Waals surface area contributed by atoms with E-state index < -0.39 is 6.17 Å². The summed E-state index contributed by atoms with van der Waals surface area (Å²) in [6, 6.07) is 0. The van der Waals surface area contributed by atoms with Gasteiger partial charge >= 0.3 is 0 Å². The van der Waals surface area contributed by atoms with E-state index in [1.165, 1.54) is 0 Å². The Bertz CT molecular complexity index is 310. The fourth-order valence-corrected chi connectivity index (χ4v) is 1.86. The quantitative estimate of drug-likeness (QED) is 0.921. The summed E-state index contributed by atoms with van der Waals surface area (Å²) in [5, 5.41) is 7.11. The number of hydrogen-bond donors (Lipinski definition) is 1. The second-order valence-corrected chi connectivity index (χ2v) is 5.45. The Hall–Kier alpha value is -0.420. The number of hydrogen-bond acceptors (Lipinski definition) is 2. The number of aryl methyl sites for hydroxylation is 1. The predicted octanol–water partition coefficient (Wildman–Crippen LogP) is 2.58. The Morgan fingerprint density at radius 1 is 1.60 bits per heavy atom. The molecule has 0 spiro atoms. The van der Waals surface area contributed by atoms with Crippen LogP contribution in [0, 0.1) is 0 Å². The van der Waals surface area contributed by atoms with Crippen LogP contribution in [-0.4, -0.2) is 21.9 Å². The Morgan fingerprint density at radius 3 is 2.60 bits per heavy atom. The molecule has 0 aliphatic rings. The summed E-state index contributed by atoms with van der Waals surface area (Å²) in [4.78, 5) is 0. The van der Waals surface area contributed by atoms with E-state index in [-0.39, 0.29) is 5.54 Å². The number of nitrogens with one attached hydrogen (secondary N) is 1. The minimum atomic E-state index is -1.05. The van der Waals surface area contributed by atoms with Gasteiger partial charge < -0.3 is 5.32 Å². The van der Waals surface area contributed by atoms with Gasteiger partial charge in [-0.05, 0) is 36.7 Å². The number of alkyl halides is 1. The molecule has 86 valence electrons. The molecule has 0 fully saturated rings. The van der Waals surface area contributed by atoms with E-state index in [1.807, 2.05) is 20.8 Å². The number of nitrogens with zero attached hydrogens (tertiary/aromatic N) is 2. The number of halogens is 2. The molecular formula is C10H17BrFN3. The smallest absolute Gasteiger partial charge is 0.155 e. The zero-order valence-corrected chi connectivity index (χ0v) is 11.1. The highest BCUT2D eigenvalue weighted by atomic mass is 79.9. The third-order valence-electron chi connectivity index (χ3n) is 2.05. The van der Waals surface area contributed by atoms with E-state index in [0.29, 0.717) is 16.7 Å². The first-order chi connectivity index (χ1) is 6.81. The van der Waals surface area contributed by atoms with E-state index >= 15 is 0 Å². The average Bonchev–Trinajstić information content (AvgIpc) is 2.41. The topological polar surface area (TPSA) is 29.9 Å². The first kappa shape index (κ1) is 12.6. The third kappa shape index (κ3) is 3.57. The van der Waals surface area contributed by atoms with Crippen LogP contribution in [0.5, 0.6) is 0 Å². The lowest BCUT2D eigenvalue weighted by molar-refractivity contribution is 0.278. The van der Waals surface area contributed by atoms with E-state index in [1.54, 1.807) is 17.9 Å². The van der Waals surface area contributed by atoms with Gasteiger partial charge in [-0.15, -0.1) is 0 Å². The van der Waals surface area contributed by atoms with Crippen LogP contribution in [0.1, 0.15) is 32.6 Å². The van der Waals surface area contributed by atoms with E-state index in [0.717, 1.165) is 0 Å². The van der Waals surface area contributed by atoms with Gasteiger partial charge in [-0.2, -0.15) is 5.10 Å². The van der Waals surface area contributed by atoms with Gasteiger partial charge in [0.2, 0.25) is 0 Å². The molecule has 0 aliphatic carbocycles. The molecule has 0 aromatic carbocycles. The van der Waals surface area contributed by atoms with Crippen molar-refractivity contribution in [2.45, 2.75) is 32.5 Å². The summed E-state index contributed by atoms with van der Waals surface area (Å²) in [6.07, 6.45) is 0.560. The molecule has 0 saturated heterocycles. The van der Waals surface area contributed by atoms with E-state index in [9.17, 15) is 4.39 Å². The van der Waals surface area contributed by atoms with Crippen molar-refractivity contribution < 1.29 is 4.39 Å². The van der Waals surface area contributed by atoms with Crippen LogP contribution >= 0.6 is 15.9 Å². The van der Waals surface area contributed by atoms with Gasteiger partial charge in [0.1, 0.15) is 0 Å². The molecule has 0 amide bonds. The molecule has 5 heteroatoms. The monoisotopic (exact) mass is 277 g/mol. The van der Waals surface area contributed by atoms with Crippen LogP contribution in [0.2, 0.25) is 0 Å². The van der Waals surface area contributed by atoms with Crippen molar-refractivity contribution in [2.75, 3.05) is 6.54 Å². The molecule has 1 N–H and O–H groups in total. The summed E-state index contributed by atoms with van der Waals surface area (Å²) in [5.74, 6) is 0. The van der Waals surface area contributed by atoms with Gasteiger partial charge in [-0.1, -0.05) is 0 Å². The van der Waals surface area contributed by atoms with Crippen molar-refractivity contribution in [1.82, 2.24) is 15.1 Å². The molecule has 15 heavy (non-hydrogen) atoms. The Labute approximate surface area is 98.2 Å². The first-order valence-corrected chi connectivity index (χ1v) is 5.67. The molecule has 1 aromatic rings. The molecule has 0 saturated carbocycles. The maximum absolute atomic E-state index is 13.9. The fourth-order valence-electron chi connectivity index (χ4n) is 1.27. The van der Waals surface area contributed by atoms with Crippen molar-refractivity contribution in [3.63, 3.8) is 0 Å². The SMILES string of the molecule is Cn1ncc(Br)c1C(F)CNC(C)(C)C. The Kier molecular flexibility index (Phi) is 3.89. The highest BCUT2D eigenvalue weighted by Crippen LogP contribution is 2.25. The van der Waals surface area contributed by atoms with Gasteiger partial charge in [-0.25, -0.2) is 4.39 Å². The predicted molar refractivity (Wildman–Crippen MR) is 62.5 cm³/mol. The van der Waals surface area contributed by atoms with E-state index in [2.05, 4.69) is 26.3 Å². The zero-order chi connectivity index (χ0) is 11.6. The maximum Gasteiger partial charge on any atom is 0.155 e. The standard InChI is InChI=1S/C10H17BrFN3/c1-10(2,3)13-6-8(12)9-7(11)5-14-15(9)4/h5,8,13H,6H2,1-4H3. The van der Waals surface area contributed by atoms with Crippen molar-refractivity contribution in [1.29, 1.82) is 0 Å². The third-order valence-corrected chi connectivity index (χ3v) is 2.66. The molecule has 0 aliphatic heterocycles. The van der Waals surface area contributed by atoms with Gasteiger partial charge in [0.05, 0.1) is 16.4 Å². The normalized spacial score (nSPS) is 14.3. The van der Waals surface area contributed by atoms with Crippen LogP contribution < -0.4 is 5.32 Å². The fraction of sp³-hybridized carbons (Fsp3) is 0.700. The van der Waals surface area contributed by atoms with Crippen molar-refractivity contribution >= 4 is 15.9 Å². The van der Waals surface area contributed by atoms with Crippen LogP contribution in [-0.2, 0) is 7.05 Å². The molecule has 3 nitrogen and oxygen atoms in total. The lowest BCUT2D eigenvalue weighted by Crippen LogP contribution is -2.38. The van der Waals surface area contributed by atoms with Gasteiger partial charge in [-0.3, -0.25) is 4.68 Å². The molecule has 0 radical (unpaired) electrons. The minimum Gasteiger partial charge on any atom is -0.309 e. The van der Waals surface area contributed by atoms with Crippen LogP contribution in [0.15, 0.2) is 10.7 Å². The van der Waals surface area contributed by atoms with Crippen molar-refractivity contribution in [2.24, 2.45) is 7.05 Å². The second kappa shape index (κ2) is 4.61. The van der Waals surface area contributed by atoms with Crippen LogP contribution in [0.3, 0.4) is 0 Å². The first-order valence-electron chi connectivity index (χ1n) is 4.88. The van der Waals surface area contributed by atoms with Gasteiger partial charge in [0.25, 0.3) is 0 Å². The summed E-state index contributed by atoms with van der Waals surface area (Å²) < 4.78 is 16.1. The minimum absolute atomic E-state index is 0.0740. The van der Waals surface area contributed by atoms with Gasteiger partial charge in [0.15, 0.2) is 6.17 Å². The van der Waals surface area contributed by atoms with Crippen molar-refractivity contribution in [3.8, 4) is 0 Å². The molecule has 1 heterocycles. The van der Waals surface area contributed by atoms with Crippen LogP contribution in [0.25, 0.3) is 0 Å². The van der Waals surface area contributed by atoms with Crippen molar-refractivity contribution in [3.05, 3.63) is 16.4 Å². The summed E-state index contributed by atoms with van der Waals surface area (Å²) in [7, 11) is 1.74. The molecule has 1 rings (SSSR count). The molecule has 0 bridgehead atoms. The molecule has 1 aromatic heterocycles. The van der Waals surface area contributed by atoms with Gasteiger partial charge in [0, 0.05) is 19.1 Å². The summed E-state index contributed by atoms with van der Waals surface area (Å²) in [6.45, 7) is 6.33. The maximum atomic E-state index is 13.9. The number of aromatic nitrogens is 2. The molecule has 1 unspecified atom stereocenters. The lowest BCUT2D eigenvalue weighted by atomic mass is 10.1. The van der Waals surface area contributed by atoms with E-state index in [4.69, 9.17) is 0 Å². The number of rotatable bonds is 3. The summed E-state index contributed by atoms with van der Waals surface area (Å²) in [5.41, 5.74) is 0.502. The second-order valence-electron chi connectivity index (χ2n) is 4.60. The summed E-state index contributed by atoms with van der Waals surface area (Å²) >= 11 is 3.29. The highest BCUT2D eigenvalue weighted by Gasteiger charge is 2.20. The van der Waals surface area contributed by atoms with Crippen LogP contribution in [0.4, 0.5) is 4.39 Å². The molecular weight excluding hydrogens is 261 g/mol. The lowest BCUT2D eigenvalue weighted by Gasteiger charge is -2.22. The molecule has 1 atom stereocenters. The Balaban J connectivity index is 2.65. The average molecular weight is 278 g/mol.